The number of pyridine rings is 1. The number of allylic oxidation sites excluding steroid dienone is 1. The van der Waals surface area contributed by atoms with Gasteiger partial charge in [0.25, 0.3) is 5.91 Å². The lowest BCUT2D eigenvalue weighted by Crippen LogP contribution is -2.32. The highest BCUT2D eigenvalue weighted by atomic mass is 35.5. The molecule has 4 rings (SSSR count). The minimum atomic E-state index is -1.72. The number of hydrogen-bond donors (Lipinski definition) is 1. The van der Waals surface area contributed by atoms with E-state index < -0.39 is 16.8 Å². The van der Waals surface area contributed by atoms with Crippen LogP contribution in [0.5, 0.6) is 5.88 Å². The first-order valence-corrected chi connectivity index (χ1v) is 11.9. The maximum atomic E-state index is 13.2. The van der Waals surface area contributed by atoms with Crippen LogP contribution >= 0.6 is 23.2 Å². The molecule has 34 heavy (non-hydrogen) atoms. The SMILES string of the molecule is COc1ccc(CNC(=O)c2ccc3c(c2)C(=O)/C(=C/c2ccc(Cl)c(Cl)c2)S(=O)N3C)cn1. The van der Waals surface area contributed by atoms with Crippen LogP contribution in [-0.2, 0) is 17.5 Å². The molecule has 1 N–H and O–H groups in total. The summed E-state index contributed by atoms with van der Waals surface area (Å²) >= 11 is 12.0. The van der Waals surface area contributed by atoms with Crippen molar-refractivity contribution in [3.05, 3.63) is 91.9 Å². The third-order valence-corrected chi connectivity index (χ3v) is 7.32. The van der Waals surface area contributed by atoms with Crippen LogP contribution in [0.4, 0.5) is 5.69 Å². The Kier molecular flexibility index (Phi) is 7.02. The summed E-state index contributed by atoms with van der Waals surface area (Å²) < 4.78 is 19.5. The van der Waals surface area contributed by atoms with Gasteiger partial charge in [0.2, 0.25) is 11.7 Å². The first kappa shape index (κ1) is 23.9. The van der Waals surface area contributed by atoms with E-state index in [4.69, 9.17) is 27.9 Å². The highest BCUT2D eigenvalue weighted by Crippen LogP contribution is 2.34. The van der Waals surface area contributed by atoms with Crippen molar-refractivity contribution in [2.45, 2.75) is 6.54 Å². The van der Waals surface area contributed by atoms with Crippen LogP contribution in [0.1, 0.15) is 31.8 Å². The summed E-state index contributed by atoms with van der Waals surface area (Å²) in [6, 6.07) is 13.1. The number of anilines is 1. The number of ketones is 1. The molecule has 174 valence electrons. The normalized spacial score (nSPS) is 16.4. The van der Waals surface area contributed by atoms with Crippen LogP contribution in [0.2, 0.25) is 10.0 Å². The number of nitrogens with one attached hydrogen (secondary N) is 1. The first-order valence-electron chi connectivity index (χ1n) is 10.1. The van der Waals surface area contributed by atoms with Gasteiger partial charge < -0.3 is 10.1 Å². The molecule has 1 unspecified atom stereocenters. The van der Waals surface area contributed by atoms with Gasteiger partial charge in [-0.3, -0.25) is 13.9 Å². The zero-order valence-corrected chi connectivity index (χ0v) is 20.5. The van der Waals surface area contributed by atoms with Crippen molar-refractivity contribution in [2.75, 3.05) is 18.5 Å². The molecule has 1 aromatic heterocycles. The van der Waals surface area contributed by atoms with Gasteiger partial charge in [-0.2, -0.15) is 0 Å². The number of nitrogens with zero attached hydrogens (tertiary/aromatic N) is 2. The smallest absolute Gasteiger partial charge is 0.251 e. The molecule has 1 aliphatic heterocycles. The van der Waals surface area contributed by atoms with Crippen molar-refractivity contribution >= 4 is 57.6 Å². The molecular weight excluding hydrogens is 497 g/mol. The van der Waals surface area contributed by atoms with Crippen molar-refractivity contribution in [1.82, 2.24) is 10.3 Å². The Labute approximate surface area is 208 Å². The van der Waals surface area contributed by atoms with Crippen molar-refractivity contribution in [3.63, 3.8) is 0 Å². The van der Waals surface area contributed by atoms with Crippen LogP contribution in [0, 0.1) is 0 Å². The second-order valence-corrected chi connectivity index (χ2v) is 9.68. The molecule has 0 bridgehead atoms. The molecule has 0 radical (unpaired) electrons. The summed E-state index contributed by atoms with van der Waals surface area (Å²) in [6.45, 7) is 0.257. The van der Waals surface area contributed by atoms with Crippen LogP contribution in [0.3, 0.4) is 0 Å². The number of carbonyl (C=O) groups excluding carboxylic acids is 2. The number of halogens is 2. The van der Waals surface area contributed by atoms with Crippen molar-refractivity contribution in [1.29, 1.82) is 0 Å². The Balaban J connectivity index is 1.59. The third kappa shape index (κ3) is 4.84. The van der Waals surface area contributed by atoms with Gasteiger partial charge in [-0.05, 0) is 47.5 Å². The van der Waals surface area contributed by atoms with E-state index in [1.165, 1.54) is 23.6 Å². The van der Waals surface area contributed by atoms with Crippen LogP contribution in [-0.4, -0.2) is 35.0 Å². The summed E-state index contributed by atoms with van der Waals surface area (Å²) in [6.07, 6.45) is 3.13. The lowest BCUT2D eigenvalue weighted by atomic mass is 10.0. The number of ether oxygens (including phenoxy) is 1. The number of aromatic nitrogens is 1. The van der Waals surface area contributed by atoms with E-state index in [-0.39, 0.29) is 22.9 Å². The predicted octanol–water partition coefficient (Wildman–Crippen LogP) is 4.66. The van der Waals surface area contributed by atoms with Crippen LogP contribution in [0.25, 0.3) is 6.08 Å². The van der Waals surface area contributed by atoms with Gasteiger partial charge in [-0.15, -0.1) is 0 Å². The zero-order valence-electron chi connectivity index (χ0n) is 18.2. The number of carbonyl (C=O) groups is 2. The molecule has 0 saturated carbocycles. The van der Waals surface area contributed by atoms with Gasteiger partial charge >= 0.3 is 0 Å². The largest absolute Gasteiger partial charge is 0.481 e. The van der Waals surface area contributed by atoms with E-state index in [1.807, 2.05) is 0 Å². The number of methoxy groups -OCH3 is 1. The summed E-state index contributed by atoms with van der Waals surface area (Å²) in [4.78, 5) is 30.2. The number of amides is 1. The molecule has 2 heterocycles. The first-order chi connectivity index (χ1) is 16.3. The summed E-state index contributed by atoms with van der Waals surface area (Å²) in [5.74, 6) is -0.295. The number of rotatable bonds is 5. The maximum Gasteiger partial charge on any atom is 0.251 e. The Bertz CT molecular complexity index is 1340. The second kappa shape index (κ2) is 9.97. The fourth-order valence-corrected chi connectivity index (χ4v) is 4.82. The lowest BCUT2D eigenvalue weighted by molar-refractivity contribution is 0.0951. The topological polar surface area (TPSA) is 88.6 Å². The quantitative estimate of drug-likeness (QED) is 0.499. The van der Waals surface area contributed by atoms with Gasteiger partial charge in [0, 0.05) is 37.0 Å². The predicted molar refractivity (Wildman–Crippen MR) is 134 cm³/mol. The molecule has 7 nitrogen and oxygen atoms in total. The average Bonchev–Trinajstić information content (AvgIpc) is 2.85. The van der Waals surface area contributed by atoms with Crippen molar-refractivity contribution in [2.24, 2.45) is 0 Å². The molecule has 1 atom stereocenters. The highest BCUT2D eigenvalue weighted by Gasteiger charge is 2.32. The van der Waals surface area contributed by atoms with Gasteiger partial charge in [0.05, 0.1) is 22.8 Å². The molecule has 0 saturated heterocycles. The fraction of sp³-hybridized carbons (Fsp3) is 0.125. The van der Waals surface area contributed by atoms with Crippen molar-refractivity contribution < 1.29 is 18.5 Å². The minimum absolute atomic E-state index is 0.0789. The van der Waals surface area contributed by atoms with E-state index in [1.54, 1.807) is 55.7 Å². The minimum Gasteiger partial charge on any atom is -0.481 e. The molecule has 1 amide bonds. The van der Waals surface area contributed by atoms with Gasteiger partial charge in [-0.1, -0.05) is 35.3 Å². The molecule has 10 heteroatoms. The van der Waals surface area contributed by atoms with Gasteiger partial charge in [0.1, 0.15) is 4.91 Å². The fourth-order valence-electron chi connectivity index (χ4n) is 3.37. The highest BCUT2D eigenvalue weighted by molar-refractivity contribution is 7.91. The Morgan fingerprint density at radius 2 is 1.94 bits per heavy atom. The summed E-state index contributed by atoms with van der Waals surface area (Å²) in [5, 5.41) is 3.51. The molecule has 0 spiro atoms. The maximum absolute atomic E-state index is 13.2. The Hall–Kier alpha value is -3.20. The van der Waals surface area contributed by atoms with E-state index in [0.29, 0.717) is 32.7 Å². The summed E-state index contributed by atoms with van der Waals surface area (Å²) in [5.41, 5.74) is 2.45. The third-order valence-electron chi connectivity index (χ3n) is 5.20. The van der Waals surface area contributed by atoms with Crippen molar-refractivity contribution in [3.8, 4) is 5.88 Å². The molecule has 1 aliphatic rings. The van der Waals surface area contributed by atoms with E-state index in [2.05, 4.69) is 10.3 Å². The van der Waals surface area contributed by atoms with E-state index >= 15 is 0 Å². The van der Waals surface area contributed by atoms with Crippen LogP contribution < -0.4 is 14.4 Å². The monoisotopic (exact) mass is 515 g/mol. The molecular formula is C24H19Cl2N3O4S. The molecule has 0 aliphatic carbocycles. The Morgan fingerprint density at radius 1 is 1.15 bits per heavy atom. The number of benzene rings is 2. The molecule has 3 aromatic rings. The molecule has 2 aromatic carbocycles. The Morgan fingerprint density at radius 3 is 2.62 bits per heavy atom. The van der Waals surface area contributed by atoms with Gasteiger partial charge in [0.15, 0.2) is 11.0 Å². The van der Waals surface area contributed by atoms with E-state index in [9.17, 15) is 13.8 Å². The van der Waals surface area contributed by atoms with Crippen LogP contribution in [0.15, 0.2) is 59.6 Å². The second-order valence-electron chi connectivity index (χ2n) is 7.38. The molecule has 0 fully saturated rings. The standard InChI is InChI=1S/C24H19Cl2N3O4S/c1-29-20-7-5-16(24(31)28-13-15-4-8-22(33-2)27-12-15)11-17(20)23(30)21(34(29)32)10-14-3-6-18(25)19(26)9-14/h3-12H,13H2,1-2H3,(H,28,31)/b21-10-. The zero-order chi connectivity index (χ0) is 24.4. The summed E-state index contributed by atoms with van der Waals surface area (Å²) in [7, 11) is 1.43. The number of fused-ring (bicyclic) bond motifs is 1. The lowest BCUT2D eigenvalue weighted by Gasteiger charge is -2.27. The number of hydrogen-bond acceptors (Lipinski definition) is 5. The number of Topliss-reactive ketones (excluding diaryl/α,β-unsaturated/α-hetero) is 1. The average molecular weight is 516 g/mol. The van der Waals surface area contributed by atoms with Gasteiger partial charge in [-0.25, -0.2) is 9.19 Å². The van der Waals surface area contributed by atoms with E-state index in [0.717, 1.165) is 5.56 Å².